The monoisotopic (exact) mass is 403 g/mol. The van der Waals surface area contributed by atoms with Crippen molar-refractivity contribution < 1.29 is 14.5 Å². The summed E-state index contributed by atoms with van der Waals surface area (Å²) < 4.78 is 0. The van der Waals surface area contributed by atoms with Crippen LogP contribution in [0.1, 0.15) is 22.4 Å². The molecule has 1 heterocycles. The Balaban J connectivity index is 1.51. The third-order valence-electron chi connectivity index (χ3n) is 4.34. The molecule has 0 spiro atoms. The number of benzene rings is 1. The van der Waals surface area contributed by atoms with Crippen LogP contribution in [0.2, 0.25) is 5.02 Å². The van der Waals surface area contributed by atoms with Crippen molar-refractivity contribution in [1.29, 1.82) is 5.26 Å². The second kappa shape index (κ2) is 8.53. The maximum atomic E-state index is 12.3. The van der Waals surface area contributed by atoms with E-state index in [1.807, 2.05) is 0 Å². The van der Waals surface area contributed by atoms with Gasteiger partial charge in [-0.3, -0.25) is 9.59 Å². The number of fused-ring (bicyclic) bond motifs is 1. The van der Waals surface area contributed by atoms with Gasteiger partial charge in [-0.2, -0.15) is 5.26 Å². The summed E-state index contributed by atoms with van der Waals surface area (Å²) >= 11 is 7.31. The van der Waals surface area contributed by atoms with Gasteiger partial charge in [0.05, 0.1) is 12.6 Å². The zero-order chi connectivity index (χ0) is 19.4. The number of anilines is 2. The van der Waals surface area contributed by atoms with E-state index in [0.29, 0.717) is 21.3 Å². The van der Waals surface area contributed by atoms with Gasteiger partial charge in [0.1, 0.15) is 11.1 Å². The molecule has 0 fully saturated rings. The number of carbonyl (C=O) groups is 2. The number of rotatable bonds is 6. The molecule has 1 aliphatic rings. The summed E-state index contributed by atoms with van der Waals surface area (Å²) in [6.45, 7) is 0.295. The zero-order valence-corrected chi connectivity index (χ0v) is 16.5. The second-order valence-corrected chi connectivity index (χ2v) is 8.13. The van der Waals surface area contributed by atoms with Crippen LogP contribution in [0.15, 0.2) is 24.3 Å². The van der Waals surface area contributed by atoms with Crippen LogP contribution in [0.5, 0.6) is 0 Å². The predicted octanol–water partition coefficient (Wildman–Crippen LogP) is 1.85. The highest BCUT2D eigenvalue weighted by molar-refractivity contribution is 7.16. The molecule has 1 aromatic carbocycles. The highest BCUT2D eigenvalue weighted by Crippen LogP contribution is 2.38. The number of nitrogens with one attached hydrogen (secondary N) is 3. The lowest BCUT2D eigenvalue weighted by Gasteiger charge is -2.13. The zero-order valence-electron chi connectivity index (χ0n) is 14.9. The highest BCUT2D eigenvalue weighted by Gasteiger charge is 2.24. The number of likely N-dealkylation sites (N-methyl/N-ethyl adjacent to an activating group) is 1. The first kappa shape index (κ1) is 19.4. The van der Waals surface area contributed by atoms with E-state index < -0.39 is 0 Å². The van der Waals surface area contributed by atoms with Crippen LogP contribution in [-0.4, -0.2) is 32.0 Å². The van der Waals surface area contributed by atoms with E-state index in [0.717, 1.165) is 29.7 Å². The van der Waals surface area contributed by atoms with Crippen LogP contribution in [-0.2, 0) is 22.4 Å². The summed E-state index contributed by atoms with van der Waals surface area (Å²) in [6, 6.07) is 9.06. The number of carbonyl (C=O) groups excluding carboxylic acids is 2. The van der Waals surface area contributed by atoms with E-state index in [2.05, 4.69) is 16.7 Å². The SMILES string of the molecule is C[NH+](CC(=O)Nc1ccc(Cl)cc1)CC(=O)Nc1sc2c(c1C#N)CCC2. The van der Waals surface area contributed by atoms with Gasteiger partial charge in [-0.1, -0.05) is 11.6 Å². The fourth-order valence-corrected chi connectivity index (χ4v) is 4.51. The van der Waals surface area contributed by atoms with Crippen molar-refractivity contribution >= 4 is 45.4 Å². The molecule has 2 aromatic rings. The van der Waals surface area contributed by atoms with Crippen molar-refractivity contribution in [2.24, 2.45) is 0 Å². The number of amides is 2. The van der Waals surface area contributed by atoms with Gasteiger partial charge >= 0.3 is 0 Å². The molecular formula is C19H20ClN4O2S+. The molecule has 1 atom stereocenters. The molecule has 27 heavy (non-hydrogen) atoms. The minimum absolute atomic E-state index is 0.140. The number of thiophene rings is 1. The molecule has 140 valence electrons. The van der Waals surface area contributed by atoms with E-state index in [4.69, 9.17) is 11.6 Å². The molecule has 3 rings (SSSR count). The predicted molar refractivity (Wildman–Crippen MR) is 106 cm³/mol. The average molecular weight is 404 g/mol. The van der Waals surface area contributed by atoms with Crippen molar-refractivity contribution in [3.05, 3.63) is 45.3 Å². The lowest BCUT2D eigenvalue weighted by molar-refractivity contribution is -0.862. The lowest BCUT2D eigenvalue weighted by atomic mass is 10.1. The van der Waals surface area contributed by atoms with Crippen LogP contribution in [0.4, 0.5) is 10.7 Å². The molecular weight excluding hydrogens is 384 g/mol. The first-order chi connectivity index (χ1) is 13.0. The molecule has 1 unspecified atom stereocenters. The normalized spacial score (nSPS) is 13.5. The van der Waals surface area contributed by atoms with Gasteiger partial charge in [-0.25, -0.2) is 0 Å². The van der Waals surface area contributed by atoms with Crippen molar-refractivity contribution in [2.45, 2.75) is 19.3 Å². The summed E-state index contributed by atoms with van der Waals surface area (Å²) in [5.41, 5.74) is 2.34. The number of halogens is 1. The van der Waals surface area contributed by atoms with Crippen LogP contribution >= 0.6 is 22.9 Å². The van der Waals surface area contributed by atoms with E-state index in [9.17, 15) is 14.9 Å². The van der Waals surface area contributed by atoms with Crippen molar-refractivity contribution in [1.82, 2.24) is 0 Å². The number of nitrogens with zero attached hydrogens (tertiary/aromatic N) is 1. The Morgan fingerprint density at radius 1 is 1.19 bits per heavy atom. The minimum Gasteiger partial charge on any atom is -0.322 e. The van der Waals surface area contributed by atoms with Crippen molar-refractivity contribution in [2.75, 3.05) is 30.8 Å². The van der Waals surface area contributed by atoms with Crippen LogP contribution < -0.4 is 15.5 Å². The second-order valence-electron chi connectivity index (χ2n) is 6.59. The summed E-state index contributed by atoms with van der Waals surface area (Å²) in [5, 5.41) is 16.2. The highest BCUT2D eigenvalue weighted by atomic mass is 35.5. The lowest BCUT2D eigenvalue weighted by Crippen LogP contribution is -3.11. The fourth-order valence-electron chi connectivity index (χ4n) is 3.13. The topological polar surface area (TPSA) is 86.4 Å². The molecule has 0 radical (unpaired) electrons. The Hall–Kier alpha value is -2.40. The molecule has 2 amide bonds. The largest absolute Gasteiger partial charge is 0.322 e. The summed E-state index contributed by atoms with van der Waals surface area (Å²) in [6.07, 6.45) is 2.95. The fraction of sp³-hybridized carbons (Fsp3) is 0.316. The van der Waals surface area contributed by atoms with Gasteiger partial charge in [-0.15, -0.1) is 11.3 Å². The molecule has 3 N–H and O–H groups in total. The smallest absolute Gasteiger partial charge is 0.280 e. The Morgan fingerprint density at radius 2 is 1.85 bits per heavy atom. The van der Waals surface area contributed by atoms with Crippen molar-refractivity contribution in [3.63, 3.8) is 0 Å². The maximum Gasteiger partial charge on any atom is 0.280 e. The molecule has 0 bridgehead atoms. The Morgan fingerprint density at radius 3 is 2.52 bits per heavy atom. The van der Waals surface area contributed by atoms with Crippen LogP contribution in [0.25, 0.3) is 0 Å². The van der Waals surface area contributed by atoms with Gasteiger partial charge in [0, 0.05) is 15.6 Å². The van der Waals surface area contributed by atoms with E-state index in [1.54, 1.807) is 31.3 Å². The Kier molecular flexibility index (Phi) is 6.11. The quantitative estimate of drug-likeness (QED) is 0.688. The standard InChI is InChI=1S/C19H19ClN4O2S/c1-24(10-17(25)22-13-7-5-12(20)6-8-13)11-18(26)23-19-15(9-21)14-3-2-4-16(14)27-19/h5-8H,2-4,10-11H2,1H3,(H,22,25)(H,23,26)/p+1. The number of hydrogen-bond donors (Lipinski definition) is 3. The molecule has 1 aromatic heterocycles. The third kappa shape index (κ3) is 4.86. The molecule has 0 aliphatic heterocycles. The summed E-state index contributed by atoms with van der Waals surface area (Å²) in [5.74, 6) is -0.390. The molecule has 0 saturated heterocycles. The molecule has 8 heteroatoms. The third-order valence-corrected chi connectivity index (χ3v) is 5.80. The van der Waals surface area contributed by atoms with Gasteiger partial charge in [-0.05, 0) is 49.1 Å². The summed E-state index contributed by atoms with van der Waals surface area (Å²) in [4.78, 5) is 26.4. The molecule has 1 aliphatic carbocycles. The van der Waals surface area contributed by atoms with E-state index in [-0.39, 0.29) is 24.9 Å². The number of aryl methyl sites for hydroxylation is 1. The van der Waals surface area contributed by atoms with Crippen molar-refractivity contribution in [3.8, 4) is 6.07 Å². The van der Waals surface area contributed by atoms with Gasteiger partial charge in [0.2, 0.25) is 0 Å². The van der Waals surface area contributed by atoms with Gasteiger partial charge in [0.15, 0.2) is 13.1 Å². The van der Waals surface area contributed by atoms with Crippen LogP contribution in [0, 0.1) is 11.3 Å². The number of quaternary nitrogens is 1. The molecule has 6 nitrogen and oxygen atoms in total. The first-order valence-corrected chi connectivity index (χ1v) is 9.87. The van der Waals surface area contributed by atoms with Gasteiger partial charge in [0.25, 0.3) is 11.8 Å². The number of nitriles is 1. The molecule has 0 saturated carbocycles. The maximum absolute atomic E-state index is 12.3. The first-order valence-electron chi connectivity index (χ1n) is 8.67. The van der Waals surface area contributed by atoms with E-state index >= 15 is 0 Å². The number of hydrogen-bond acceptors (Lipinski definition) is 4. The average Bonchev–Trinajstić information content (AvgIpc) is 3.17. The van der Waals surface area contributed by atoms with E-state index in [1.165, 1.54) is 16.2 Å². The van der Waals surface area contributed by atoms with Gasteiger partial charge < -0.3 is 15.5 Å². The minimum atomic E-state index is -0.205. The Bertz CT molecular complexity index is 902. The summed E-state index contributed by atoms with van der Waals surface area (Å²) in [7, 11) is 1.78. The Labute approximate surface area is 166 Å². The van der Waals surface area contributed by atoms with Crippen LogP contribution in [0.3, 0.4) is 0 Å².